The lowest BCUT2D eigenvalue weighted by molar-refractivity contribution is -0.168. The SMILES string of the molecule is CCOC(=O)O[C@]1(C(C)=O)CC[C@H]2[C@@H]3C=CC4=CC(=O)CC[C@@]4(C)[C@@H]3CC[C@@]21CCCc1ccc(CN=O)cc1. The monoisotopic (exact) mass is 547 g/mol. The summed E-state index contributed by atoms with van der Waals surface area (Å²) in [5.74, 6) is 0.945. The van der Waals surface area contributed by atoms with Crippen molar-refractivity contribution < 1.29 is 23.9 Å². The summed E-state index contributed by atoms with van der Waals surface area (Å²) >= 11 is 0. The van der Waals surface area contributed by atoms with Gasteiger partial charge in [0, 0.05) is 11.8 Å². The van der Waals surface area contributed by atoms with E-state index in [2.05, 4.69) is 24.3 Å². The quantitative estimate of drug-likeness (QED) is 0.242. The predicted octanol–water partition coefficient (Wildman–Crippen LogP) is 7.06. The van der Waals surface area contributed by atoms with Gasteiger partial charge in [0.2, 0.25) is 0 Å². The summed E-state index contributed by atoms with van der Waals surface area (Å²) in [6.07, 6.45) is 12.4. The molecule has 1 aromatic carbocycles. The molecule has 0 N–H and O–H groups in total. The van der Waals surface area contributed by atoms with E-state index in [0.29, 0.717) is 18.8 Å². The molecule has 0 radical (unpaired) electrons. The third-order valence-electron chi connectivity index (χ3n) is 10.8. The summed E-state index contributed by atoms with van der Waals surface area (Å²) < 4.78 is 11.3. The number of carbonyl (C=O) groups excluding carboxylic acids is 3. The second-order valence-corrected chi connectivity index (χ2v) is 12.5. The number of nitroso groups, excluding NO2 is 1. The molecule has 0 saturated heterocycles. The molecule has 0 heterocycles. The van der Waals surface area contributed by atoms with Crippen molar-refractivity contribution >= 4 is 17.7 Å². The van der Waals surface area contributed by atoms with Crippen molar-refractivity contribution in [1.82, 2.24) is 0 Å². The lowest BCUT2D eigenvalue weighted by atomic mass is 9.46. The Hall–Kier alpha value is -3.09. The fraction of sp³-hybridized carbons (Fsp3) is 0.606. The van der Waals surface area contributed by atoms with Crippen molar-refractivity contribution in [1.29, 1.82) is 0 Å². The van der Waals surface area contributed by atoms with Gasteiger partial charge in [-0.25, -0.2) is 4.79 Å². The maximum absolute atomic E-state index is 13.6. The molecule has 40 heavy (non-hydrogen) atoms. The molecule has 7 heteroatoms. The first-order valence-corrected chi connectivity index (χ1v) is 14.9. The predicted molar refractivity (Wildman–Crippen MR) is 151 cm³/mol. The van der Waals surface area contributed by atoms with E-state index in [0.717, 1.165) is 56.1 Å². The number of aryl methyl sites for hydroxylation is 1. The van der Waals surface area contributed by atoms with Gasteiger partial charge >= 0.3 is 6.16 Å². The van der Waals surface area contributed by atoms with Crippen LogP contribution in [0.2, 0.25) is 0 Å². The molecule has 214 valence electrons. The fourth-order valence-corrected chi connectivity index (χ4v) is 8.87. The average molecular weight is 548 g/mol. The molecular formula is C33H41NO6. The Morgan fingerprint density at radius 1 is 1.05 bits per heavy atom. The Labute approximate surface area is 236 Å². The van der Waals surface area contributed by atoms with Gasteiger partial charge in [0.15, 0.2) is 17.2 Å². The van der Waals surface area contributed by atoms with Gasteiger partial charge in [0.05, 0.1) is 6.61 Å². The number of benzene rings is 1. The van der Waals surface area contributed by atoms with E-state index < -0.39 is 17.2 Å². The molecule has 4 aliphatic carbocycles. The Bertz CT molecular complexity index is 1230. The second-order valence-electron chi connectivity index (χ2n) is 12.5. The molecule has 0 unspecified atom stereocenters. The molecule has 2 fully saturated rings. The molecule has 0 amide bonds. The molecule has 4 aliphatic rings. The van der Waals surface area contributed by atoms with Gasteiger partial charge in [0.1, 0.15) is 6.54 Å². The van der Waals surface area contributed by atoms with Crippen LogP contribution in [0.4, 0.5) is 4.79 Å². The smallest absolute Gasteiger partial charge is 0.435 e. The maximum atomic E-state index is 13.6. The highest BCUT2D eigenvalue weighted by atomic mass is 16.7. The number of ketones is 2. The molecular weight excluding hydrogens is 506 g/mol. The van der Waals surface area contributed by atoms with E-state index in [9.17, 15) is 19.3 Å². The van der Waals surface area contributed by atoms with Crippen molar-refractivity contribution in [2.24, 2.45) is 33.8 Å². The Balaban J connectivity index is 1.48. The van der Waals surface area contributed by atoms with Gasteiger partial charge in [-0.3, -0.25) is 9.59 Å². The van der Waals surface area contributed by atoms with E-state index >= 15 is 0 Å². The van der Waals surface area contributed by atoms with Crippen LogP contribution in [-0.4, -0.2) is 29.9 Å². The van der Waals surface area contributed by atoms with Crippen LogP contribution >= 0.6 is 0 Å². The summed E-state index contributed by atoms with van der Waals surface area (Å²) in [5, 5.41) is 2.97. The lowest BCUT2D eigenvalue weighted by Gasteiger charge is -2.58. The van der Waals surface area contributed by atoms with Crippen molar-refractivity contribution in [3.8, 4) is 0 Å². The minimum absolute atomic E-state index is 0.0545. The summed E-state index contributed by atoms with van der Waals surface area (Å²) in [6, 6.07) is 7.96. The first-order valence-electron chi connectivity index (χ1n) is 14.9. The number of fused-ring (bicyclic) bond motifs is 5. The van der Waals surface area contributed by atoms with Gasteiger partial charge in [-0.2, -0.15) is 4.91 Å². The summed E-state index contributed by atoms with van der Waals surface area (Å²) in [4.78, 5) is 49.2. The Morgan fingerprint density at radius 3 is 2.48 bits per heavy atom. The Kier molecular flexibility index (Phi) is 7.86. The van der Waals surface area contributed by atoms with Gasteiger partial charge in [-0.15, -0.1) is 0 Å². The van der Waals surface area contributed by atoms with Crippen LogP contribution in [0.3, 0.4) is 0 Å². The van der Waals surface area contributed by atoms with E-state index in [1.54, 1.807) is 13.8 Å². The highest BCUT2D eigenvalue weighted by molar-refractivity contribution is 5.92. The number of ether oxygens (including phenoxy) is 2. The second kappa shape index (κ2) is 11.1. The van der Waals surface area contributed by atoms with E-state index in [1.807, 2.05) is 30.3 Å². The van der Waals surface area contributed by atoms with Crippen molar-refractivity contribution in [3.05, 3.63) is 64.1 Å². The summed E-state index contributed by atoms with van der Waals surface area (Å²) in [6.45, 7) is 5.98. The molecule has 1 aromatic rings. The molecule has 0 bridgehead atoms. The molecule has 2 saturated carbocycles. The van der Waals surface area contributed by atoms with Crippen molar-refractivity contribution in [2.45, 2.75) is 90.7 Å². The highest BCUT2D eigenvalue weighted by Crippen LogP contribution is 2.68. The van der Waals surface area contributed by atoms with Crippen molar-refractivity contribution in [3.63, 3.8) is 0 Å². The molecule has 0 aliphatic heterocycles. The first-order chi connectivity index (χ1) is 19.2. The normalized spacial score (nSPS) is 34.2. The van der Waals surface area contributed by atoms with E-state index in [4.69, 9.17) is 9.47 Å². The number of hydrogen-bond donors (Lipinski definition) is 0. The van der Waals surface area contributed by atoms with E-state index in [-0.39, 0.29) is 42.0 Å². The zero-order valence-corrected chi connectivity index (χ0v) is 23.9. The van der Waals surface area contributed by atoms with Crippen LogP contribution in [0.1, 0.15) is 83.3 Å². The number of nitrogens with zero attached hydrogens (tertiary/aromatic N) is 1. The van der Waals surface area contributed by atoms with Crippen LogP contribution in [-0.2, 0) is 32.0 Å². The van der Waals surface area contributed by atoms with Crippen molar-refractivity contribution in [2.75, 3.05) is 6.61 Å². The molecule has 6 atom stereocenters. The van der Waals surface area contributed by atoms with Crippen LogP contribution in [0.15, 0.2) is 53.2 Å². The molecule has 5 rings (SSSR count). The zero-order valence-electron chi connectivity index (χ0n) is 23.9. The number of hydrogen-bond acceptors (Lipinski definition) is 7. The minimum Gasteiger partial charge on any atom is -0.435 e. The van der Waals surface area contributed by atoms with Gasteiger partial charge < -0.3 is 9.47 Å². The number of rotatable bonds is 9. The number of allylic oxidation sites excluding steroid dienone is 4. The van der Waals surface area contributed by atoms with Crippen LogP contribution in [0.25, 0.3) is 0 Å². The maximum Gasteiger partial charge on any atom is 0.509 e. The third kappa shape index (κ3) is 4.65. The molecule has 0 aromatic heterocycles. The molecule has 7 nitrogen and oxygen atoms in total. The van der Waals surface area contributed by atoms with Crippen LogP contribution in [0.5, 0.6) is 0 Å². The van der Waals surface area contributed by atoms with Crippen LogP contribution < -0.4 is 0 Å². The summed E-state index contributed by atoms with van der Waals surface area (Å²) in [7, 11) is 0. The minimum atomic E-state index is -1.21. The van der Waals surface area contributed by atoms with Gasteiger partial charge in [-0.1, -0.05) is 48.5 Å². The third-order valence-corrected chi connectivity index (χ3v) is 10.8. The lowest BCUT2D eigenvalue weighted by Crippen LogP contribution is -2.59. The average Bonchev–Trinajstić information content (AvgIpc) is 3.25. The van der Waals surface area contributed by atoms with Crippen LogP contribution in [0, 0.1) is 33.5 Å². The number of carbonyl (C=O) groups is 3. The Morgan fingerprint density at radius 2 is 1.77 bits per heavy atom. The standard InChI is InChI=1S/C33H41NO6/c1-4-39-30(37)40-33(22(2)35)19-15-29-27-12-11-25-20-26(36)13-17-31(25,3)28(27)14-18-32(29,33)16-5-6-23-7-9-24(10-8-23)21-34-38/h7-12,20,27-29H,4-6,13-19,21H2,1-3H3/t27-,28-,29+,31-,32+,33+/m1/s1. The largest absolute Gasteiger partial charge is 0.509 e. The fourth-order valence-electron chi connectivity index (χ4n) is 8.87. The topological polar surface area (TPSA) is 99.1 Å². The van der Waals surface area contributed by atoms with Gasteiger partial charge in [-0.05, 0) is 111 Å². The van der Waals surface area contributed by atoms with Gasteiger partial charge in [0.25, 0.3) is 0 Å². The zero-order chi connectivity index (χ0) is 28.5. The molecule has 0 spiro atoms. The van der Waals surface area contributed by atoms with E-state index in [1.165, 1.54) is 5.56 Å². The summed E-state index contributed by atoms with van der Waals surface area (Å²) in [5.41, 5.74) is 1.45. The number of Topliss-reactive ketones (excluding diaryl/α,β-unsaturated/α-hetero) is 1. The highest BCUT2D eigenvalue weighted by Gasteiger charge is 2.69. The first kappa shape index (κ1) is 28.4.